The monoisotopic (exact) mass is 369 g/mol. The molecule has 4 nitrogen and oxygen atoms in total. The van der Waals surface area contributed by atoms with Crippen molar-refractivity contribution in [2.45, 2.75) is 44.8 Å². The van der Waals surface area contributed by atoms with Crippen LogP contribution < -0.4 is 9.47 Å². The lowest BCUT2D eigenvalue weighted by Gasteiger charge is -2.43. The first-order chi connectivity index (χ1) is 13.2. The number of hydrogen-bond acceptors (Lipinski definition) is 4. The van der Waals surface area contributed by atoms with Gasteiger partial charge in [0.25, 0.3) is 0 Å². The molecule has 2 fully saturated rings. The molecule has 1 heterocycles. The molecule has 4 rings (SSSR count). The van der Waals surface area contributed by atoms with Crippen LogP contribution in [0.15, 0.2) is 30.3 Å². The number of ether oxygens (including phenoxy) is 3. The second-order valence-electron chi connectivity index (χ2n) is 8.10. The summed E-state index contributed by atoms with van der Waals surface area (Å²) in [4.78, 5) is 2.62. The summed E-state index contributed by atoms with van der Waals surface area (Å²) >= 11 is 0. The fourth-order valence-corrected chi connectivity index (χ4v) is 5.47. The Morgan fingerprint density at radius 1 is 1.00 bits per heavy atom. The van der Waals surface area contributed by atoms with Crippen LogP contribution in [0.5, 0.6) is 11.5 Å². The minimum Gasteiger partial charge on any atom is -0.496 e. The van der Waals surface area contributed by atoms with Gasteiger partial charge in [-0.3, -0.25) is 4.90 Å². The van der Waals surface area contributed by atoms with Crippen molar-refractivity contribution in [3.8, 4) is 11.5 Å². The molecule has 0 radical (unpaired) electrons. The highest BCUT2D eigenvalue weighted by atomic mass is 16.5. The zero-order valence-corrected chi connectivity index (χ0v) is 16.8. The molecule has 27 heavy (non-hydrogen) atoms. The molecular weight excluding hydrogens is 338 g/mol. The van der Waals surface area contributed by atoms with Gasteiger partial charge in [-0.05, 0) is 49.9 Å². The van der Waals surface area contributed by atoms with Crippen LogP contribution in [-0.4, -0.2) is 45.4 Å². The van der Waals surface area contributed by atoms with Crippen molar-refractivity contribution in [3.63, 3.8) is 0 Å². The molecule has 2 aliphatic rings. The lowest BCUT2D eigenvalue weighted by molar-refractivity contribution is -0.0365. The number of benzene rings is 2. The van der Waals surface area contributed by atoms with E-state index < -0.39 is 0 Å². The number of nitrogens with zero attached hydrogens (tertiary/aromatic N) is 1. The maximum Gasteiger partial charge on any atom is 0.127 e. The number of piperidine rings is 1. The number of hydrogen-bond donors (Lipinski definition) is 0. The molecule has 146 valence electrons. The summed E-state index contributed by atoms with van der Waals surface area (Å²) in [5, 5.41) is 2.30. The Balaban J connectivity index is 1.65. The van der Waals surface area contributed by atoms with Crippen LogP contribution in [0.2, 0.25) is 0 Å². The van der Waals surface area contributed by atoms with Crippen LogP contribution in [0.4, 0.5) is 0 Å². The minimum absolute atomic E-state index is 0.347. The Bertz CT molecular complexity index is 806. The lowest BCUT2D eigenvalue weighted by atomic mass is 9.76. The third-order valence-corrected chi connectivity index (χ3v) is 6.68. The zero-order chi connectivity index (χ0) is 18.9. The fourth-order valence-electron chi connectivity index (χ4n) is 5.47. The molecule has 2 aromatic carbocycles. The van der Waals surface area contributed by atoms with Crippen molar-refractivity contribution in [2.24, 2.45) is 5.41 Å². The summed E-state index contributed by atoms with van der Waals surface area (Å²) in [5.74, 6) is 1.82. The van der Waals surface area contributed by atoms with Crippen molar-refractivity contribution in [2.75, 3.05) is 34.4 Å². The Kier molecular flexibility index (Phi) is 5.29. The molecule has 0 N–H and O–H groups in total. The van der Waals surface area contributed by atoms with Crippen LogP contribution in [0.3, 0.4) is 0 Å². The van der Waals surface area contributed by atoms with E-state index in [0.29, 0.717) is 11.5 Å². The second-order valence-corrected chi connectivity index (χ2v) is 8.10. The first-order valence-electron chi connectivity index (χ1n) is 10.1. The highest BCUT2D eigenvalue weighted by Crippen LogP contribution is 2.47. The second kappa shape index (κ2) is 7.69. The highest BCUT2D eigenvalue weighted by molar-refractivity contribution is 5.95. The molecule has 4 heteroatoms. The van der Waals surface area contributed by atoms with Gasteiger partial charge in [-0.2, -0.15) is 0 Å². The first-order valence-corrected chi connectivity index (χ1v) is 10.1. The Labute approximate surface area is 162 Å². The molecule has 0 aromatic heterocycles. The molecule has 1 saturated carbocycles. The van der Waals surface area contributed by atoms with E-state index in [-0.39, 0.29) is 0 Å². The highest BCUT2D eigenvalue weighted by Gasteiger charge is 2.45. The van der Waals surface area contributed by atoms with Gasteiger partial charge in [0.1, 0.15) is 11.5 Å². The average molecular weight is 370 g/mol. The van der Waals surface area contributed by atoms with Crippen molar-refractivity contribution in [3.05, 3.63) is 35.9 Å². The maximum atomic E-state index is 5.88. The molecule has 1 spiro atoms. The average Bonchev–Trinajstić information content (AvgIpc) is 3.09. The normalized spacial score (nSPS) is 26.0. The van der Waals surface area contributed by atoms with Gasteiger partial charge in [0.05, 0.1) is 20.3 Å². The van der Waals surface area contributed by atoms with Gasteiger partial charge in [0.2, 0.25) is 0 Å². The van der Waals surface area contributed by atoms with E-state index in [4.69, 9.17) is 14.2 Å². The van der Waals surface area contributed by atoms with Crippen LogP contribution in [0.25, 0.3) is 10.8 Å². The molecule has 2 aromatic rings. The van der Waals surface area contributed by atoms with E-state index in [1.165, 1.54) is 43.1 Å². The molecular formula is C23H31NO3. The molecule has 0 bridgehead atoms. The van der Waals surface area contributed by atoms with Gasteiger partial charge in [0.15, 0.2) is 0 Å². The SMILES string of the molecule is COc1ccc(CN2CCC[C@]3(CCC[C@H]3OC)C2)c2c(OC)cccc12. The summed E-state index contributed by atoms with van der Waals surface area (Å²) in [6.07, 6.45) is 6.78. The molecule has 1 aliphatic heterocycles. The quantitative estimate of drug-likeness (QED) is 0.768. The number of fused-ring (bicyclic) bond motifs is 1. The molecule has 1 aliphatic carbocycles. The van der Waals surface area contributed by atoms with Crippen molar-refractivity contribution < 1.29 is 14.2 Å². The smallest absolute Gasteiger partial charge is 0.127 e. The van der Waals surface area contributed by atoms with Gasteiger partial charge in [-0.1, -0.05) is 24.6 Å². The van der Waals surface area contributed by atoms with E-state index in [2.05, 4.69) is 23.1 Å². The predicted octanol–water partition coefficient (Wildman–Crippen LogP) is 4.64. The molecule has 2 atom stereocenters. The molecule has 0 unspecified atom stereocenters. The molecule has 0 amide bonds. The number of rotatable bonds is 5. The minimum atomic E-state index is 0.347. The van der Waals surface area contributed by atoms with Gasteiger partial charge in [0, 0.05) is 36.4 Å². The van der Waals surface area contributed by atoms with E-state index in [9.17, 15) is 0 Å². The third-order valence-electron chi connectivity index (χ3n) is 6.68. The maximum absolute atomic E-state index is 5.88. The van der Waals surface area contributed by atoms with E-state index in [1.54, 1.807) is 14.2 Å². The Hall–Kier alpha value is -1.78. The third kappa shape index (κ3) is 3.30. The van der Waals surface area contributed by atoms with Crippen molar-refractivity contribution in [1.29, 1.82) is 0 Å². The van der Waals surface area contributed by atoms with E-state index in [1.807, 2.05) is 19.2 Å². The predicted molar refractivity (Wildman–Crippen MR) is 109 cm³/mol. The van der Waals surface area contributed by atoms with Crippen LogP contribution in [-0.2, 0) is 11.3 Å². The number of methoxy groups -OCH3 is 3. The standard InChI is InChI=1S/C23H31NO3/c1-25-19-11-10-17(22-18(19)7-4-8-20(22)26-2)15-24-14-6-13-23(16-24)12-5-9-21(23)27-3/h4,7-8,10-11,21H,5-6,9,12-16H2,1-3H3/t21-,23-/m1/s1. The summed E-state index contributed by atoms with van der Waals surface area (Å²) in [7, 11) is 5.36. The van der Waals surface area contributed by atoms with Crippen molar-refractivity contribution >= 4 is 10.8 Å². The van der Waals surface area contributed by atoms with Gasteiger partial charge >= 0.3 is 0 Å². The van der Waals surface area contributed by atoms with Crippen molar-refractivity contribution in [1.82, 2.24) is 4.90 Å². The molecule has 1 saturated heterocycles. The largest absolute Gasteiger partial charge is 0.496 e. The lowest BCUT2D eigenvalue weighted by Crippen LogP contribution is -2.47. The van der Waals surface area contributed by atoms with Gasteiger partial charge in [-0.15, -0.1) is 0 Å². The topological polar surface area (TPSA) is 30.9 Å². The number of likely N-dealkylation sites (tertiary alicyclic amines) is 1. The summed E-state index contributed by atoms with van der Waals surface area (Å²) in [5.41, 5.74) is 1.66. The van der Waals surface area contributed by atoms with Gasteiger partial charge in [-0.25, -0.2) is 0 Å². The summed E-state index contributed by atoms with van der Waals surface area (Å²) < 4.78 is 17.2. The van der Waals surface area contributed by atoms with Crippen LogP contribution >= 0.6 is 0 Å². The fraction of sp³-hybridized carbons (Fsp3) is 0.565. The Morgan fingerprint density at radius 3 is 2.59 bits per heavy atom. The Morgan fingerprint density at radius 2 is 1.81 bits per heavy atom. The van der Waals surface area contributed by atoms with Crippen LogP contribution in [0.1, 0.15) is 37.7 Å². The summed E-state index contributed by atoms with van der Waals surface area (Å²) in [6.45, 7) is 3.23. The van der Waals surface area contributed by atoms with Gasteiger partial charge < -0.3 is 14.2 Å². The first kappa shape index (κ1) is 18.6. The van der Waals surface area contributed by atoms with E-state index in [0.717, 1.165) is 36.5 Å². The van der Waals surface area contributed by atoms with E-state index >= 15 is 0 Å². The van der Waals surface area contributed by atoms with Crippen LogP contribution in [0, 0.1) is 5.41 Å². The zero-order valence-electron chi connectivity index (χ0n) is 16.8. The summed E-state index contributed by atoms with van der Waals surface area (Å²) in [6, 6.07) is 10.5.